The van der Waals surface area contributed by atoms with Gasteiger partial charge in [-0.1, -0.05) is 0 Å². The topological polar surface area (TPSA) is 47.3 Å². The van der Waals surface area contributed by atoms with Gasteiger partial charge in [-0.05, 0) is 22.0 Å². The maximum absolute atomic E-state index is 11.1. The number of rotatable bonds is 1. The molecule has 0 atom stereocenters. The number of nitrogens with zero attached hydrogens (tertiary/aromatic N) is 3. The Hall–Kier alpha value is -1.23. The van der Waals surface area contributed by atoms with Crippen LogP contribution in [0.1, 0.15) is 17.4 Å². The van der Waals surface area contributed by atoms with Crippen LogP contribution in [0.3, 0.4) is 0 Å². The molecule has 0 fully saturated rings. The molecule has 0 N–H and O–H groups in total. The molecule has 0 amide bonds. The number of imidazole rings is 1. The van der Waals surface area contributed by atoms with Crippen LogP contribution in [-0.4, -0.2) is 20.2 Å². The first-order chi connectivity index (χ1) is 6.20. The SMILES string of the molecule is CC(=O)c1nc2ccncn2c1Br. The molecule has 2 aromatic heterocycles. The van der Waals surface area contributed by atoms with Crippen molar-refractivity contribution in [3.05, 3.63) is 28.9 Å². The number of carbonyl (C=O) groups excluding carboxylic acids is 1. The monoisotopic (exact) mass is 239 g/mol. The summed E-state index contributed by atoms with van der Waals surface area (Å²) < 4.78 is 2.37. The highest BCUT2D eigenvalue weighted by Crippen LogP contribution is 2.18. The van der Waals surface area contributed by atoms with Crippen LogP contribution >= 0.6 is 15.9 Å². The van der Waals surface area contributed by atoms with E-state index in [1.54, 1.807) is 23.0 Å². The summed E-state index contributed by atoms with van der Waals surface area (Å²) in [7, 11) is 0. The first kappa shape index (κ1) is 8.37. The molecule has 13 heavy (non-hydrogen) atoms. The smallest absolute Gasteiger partial charge is 0.180 e. The van der Waals surface area contributed by atoms with Crippen LogP contribution in [-0.2, 0) is 0 Å². The first-order valence-electron chi connectivity index (χ1n) is 3.68. The summed E-state index contributed by atoms with van der Waals surface area (Å²) in [4.78, 5) is 19.2. The predicted octanol–water partition coefficient (Wildman–Crippen LogP) is 1.69. The van der Waals surface area contributed by atoms with E-state index in [1.807, 2.05) is 0 Å². The maximum atomic E-state index is 11.1. The maximum Gasteiger partial charge on any atom is 0.180 e. The number of ketones is 1. The molecule has 0 bridgehead atoms. The molecule has 0 aliphatic carbocycles. The Balaban J connectivity index is 2.81. The van der Waals surface area contributed by atoms with Gasteiger partial charge < -0.3 is 0 Å². The van der Waals surface area contributed by atoms with Gasteiger partial charge in [0.25, 0.3) is 0 Å². The third-order valence-electron chi connectivity index (χ3n) is 1.71. The zero-order valence-corrected chi connectivity index (χ0v) is 8.45. The van der Waals surface area contributed by atoms with E-state index in [4.69, 9.17) is 0 Å². The molecule has 5 heteroatoms. The fraction of sp³-hybridized carbons (Fsp3) is 0.125. The summed E-state index contributed by atoms with van der Waals surface area (Å²) in [5, 5.41) is 0. The minimum absolute atomic E-state index is 0.0597. The number of hydrogen-bond acceptors (Lipinski definition) is 3. The van der Waals surface area contributed by atoms with Crippen LogP contribution in [0.15, 0.2) is 23.2 Å². The van der Waals surface area contributed by atoms with E-state index in [9.17, 15) is 4.79 Å². The quantitative estimate of drug-likeness (QED) is 0.712. The van der Waals surface area contributed by atoms with Crippen LogP contribution in [0.25, 0.3) is 5.65 Å². The van der Waals surface area contributed by atoms with Gasteiger partial charge in [0.05, 0.1) is 0 Å². The van der Waals surface area contributed by atoms with Crippen molar-refractivity contribution in [2.45, 2.75) is 6.92 Å². The molecule has 66 valence electrons. The minimum atomic E-state index is -0.0597. The van der Waals surface area contributed by atoms with Crippen molar-refractivity contribution >= 4 is 27.4 Å². The number of halogens is 1. The third-order valence-corrected chi connectivity index (χ3v) is 2.46. The molecule has 0 saturated heterocycles. The molecular formula is C8H6BrN3O. The van der Waals surface area contributed by atoms with Gasteiger partial charge in [0.2, 0.25) is 0 Å². The zero-order valence-electron chi connectivity index (χ0n) is 6.86. The molecule has 0 saturated carbocycles. The summed E-state index contributed by atoms with van der Waals surface area (Å²) in [6, 6.07) is 1.75. The second-order valence-electron chi connectivity index (χ2n) is 2.62. The molecular weight excluding hydrogens is 234 g/mol. The van der Waals surface area contributed by atoms with Gasteiger partial charge >= 0.3 is 0 Å². The summed E-state index contributed by atoms with van der Waals surface area (Å²) >= 11 is 3.29. The Bertz CT molecular complexity index is 477. The fourth-order valence-corrected chi connectivity index (χ4v) is 1.74. The van der Waals surface area contributed by atoms with Gasteiger partial charge in [-0.2, -0.15) is 0 Å². The van der Waals surface area contributed by atoms with E-state index in [0.29, 0.717) is 15.9 Å². The van der Waals surface area contributed by atoms with Crippen molar-refractivity contribution in [3.63, 3.8) is 0 Å². The van der Waals surface area contributed by atoms with Crippen molar-refractivity contribution in [2.24, 2.45) is 0 Å². The summed E-state index contributed by atoms with van der Waals surface area (Å²) in [5.41, 5.74) is 1.15. The summed E-state index contributed by atoms with van der Waals surface area (Å²) in [6.07, 6.45) is 3.25. The molecule has 0 aliphatic heterocycles. The highest BCUT2D eigenvalue weighted by molar-refractivity contribution is 9.10. The van der Waals surface area contributed by atoms with E-state index < -0.39 is 0 Å². The predicted molar refractivity (Wildman–Crippen MR) is 50.7 cm³/mol. The van der Waals surface area contributed by atoms with E-state index in [1.165, 1.54) is 6.92 Å². The second kappa shape index (κ2) is 2.92. The zero-order chi connectivity index (χ0) is 9.42. The van der Waals surface area contributed by atoms with E-state index in [2.05, 4.69) is 25.9 Å². The standard InChI is InChI=1S/C8H6BrN3O/c1-5(13)7-8(9)12-4-10-3-2-6(12)11-7/h2-4H,1H3. The molecule has 0 spiro atoms. The Morgan fingerprint density at radius 3 is 3.00 bits per heavy atom. The lowest BCUT2D eigenvalue weighted by Gasteiger charge is -1.91. The van der Waals surface area contributed by atoms with E-state index >= 15 is 0 Å². The third kappa shape index (κ3) is 1.25. The molecule has 4 nitrogen and oxygen atoms in total. The van der Waals surface area contributed by atoms with Crippen LogP contribution in [0.2, 0.25) is 0 Å². The average molecular weight is 240 g/mol. The van der Waals surface area contributed by atoms with Crippen molar-refractivity contribution in [1.29, 1.82) is 0 Å². The number of Topliss-reactive ketones (excluding diaryl/α,β-unsaturated/α-hetero) is 1. The Labute approximate surface area is 82.7 Å². The molecule has 0 unspecified atom stereocenters. The highest BCUT2D eigenvalue weighted by Gasteiger charge is 2.12. The lowest BCUT2D eigenvalue weighted by Crippen LogP contribution is -1.93. The Morgan fingerprint density at radius 1 is 1.62 bits per heavy atom. The van der Waals surface area contributed by atoms with Crippen LogP contribution in [0.4, 0.5) is 0 Å². The minimum Gasteiger partial charge on any atom is -0.293 e. The molecule has 2 aromatic rings. The average Bonchev–Trinajstić information content (AvgIpc) is 2.45. The van der Waals surface area contributed by atoms with Gasteiger partial charge in [0.15, 0.2) is 5.78 Å². The molecule has 2 heterocycles. The van der Waals surface area contributed by atoms with E-state index in [-0.39, 0.29) is 5.78 Å². The number of carbonyl (C=O) groups is 1. The Morgan fingerprint density at radius 2 is 2.38 bits per heavy atom. The number of hydrogen-bond donors (Lipinski definition) is 0. The van der Waals surface area contributed by atoms with E-state index in [0.717, 1.165) is 0 Å². The van der Waals surface area contributed by atoms with Gasteiger partial charge in [-0.25, -0.2) is 9.97 Å². The Kier molecular flexibility index (Phi) is 1.88. The van der Waals surface area contributed by atoms with Crippen LogP contribution < -0.4 is 0 Å². The lowest BCUT2D eigenvalue weighted by atomic mass is 10.3. The largest absolute Gasteiger partial charge is 0.293 e. The van der Waals surface area contributed by atoms with Crippen LogP contribution in [0, 0.1) is 0 Å². The van der Waals surface area contributed by atoms with Gasteiger partial charge in [-0.15, -0.1) is 0 Å². The first-order valence-corrected chi connectivity index (χ1v) is 4.48. The van der Waals surface area contributed by atoms with Crippen LogP contribution in [0.5, 0.6) is 0 Å². The van der Waals surface area contributed by atoms with Crippen molar-refractivity contribution in [2.75, 3.05) is 0 Å². The number of fused-ring (bicyclic) bond motifs is 1. The number of aromatic nitrogens is 3. The lowest BCUT2D eigenvalue weighted by molar-refractivity contribution is 0.101. The normalized spacial score (nSPS) is 10.6. The molecule has 0 aromatic carbocycles. The fourth-order valence-electron chi connectivity index (χ4n) is 1.10. The molecule has 2 rings (SSSR count). The second-order valence-corrected chi connectivity index (χ2v) is 3.37. The summed E-state index contributed by atoms with van der Waals surface area (Å²) in [6.45, 7) is 1.49. The molecule has 0 aliphatic rings. The van der Waals surface area contributed by atoms with Gasteiger partial charge in [0, 0.05) is 13.1 Å². The molecule has 0 radical (unpaired) electrons. The van der Waals surface area contributed by atoms with Crippen molar-refractivity contribution < 1.29 is 4.79 Å². The van der Waals surface area contributed by atoms with Gasteiger partial charge in [-0.3, -0.25) is 9.20 Å². The van der Waals surface area contributed by atoms with Gasteiger partial charge in [0.1, 0.15) is 22.3 Å². The van der Waals surface area contributed by atoms with Crippen molar-refractivity contribution in [3.8, 4) is 0 Å². The summed E-state index contributed by atoms with van der Waals surface area (Å²) in [5.74, 6) is -0.0597. The van der Waals surface area contributed by atoms with Crippen molar-refractivity contribution in [1.82, 2.24) is 14.4 Å². The highest BCUT2D eigenvalue weighted by atomic mass is 79.9.